The highest BCUT2D eigenvalue weighted by atomic mass is 79.9. The molecule has 1 aromatic heterocycles. The molecule has 2 heterocycles. The minimum Gasteiger partial charge on any atom is -0.378 e. The van der Waals surface area contributed by atoms with Crippen LogP contribution in [0, 0.1) is 0 Å². The van der Waals surface area contributed by atoms with E-state index in [2.05, 4.69) is 55.6 Å². The maximum Gasteiger partial charge on any atom is 0.116 e. The lowest BCUT2D eigenvalue weighted by molar-refractivity contribution is 0.0594. The molecule has 1 saturated heterocycles. The Morgan fingerprint density at radius 2 is 1.91 bits per heavy atom. The SMILES string of the molecule is Brc1ccc(-c2csc(C=CC=CN3CCOCC3)n2)cc1. The maximum absolute atomic E-state index is 5.32. The third-order valence-corrected chi connectivity index (χ3v) is 4.69. The number of aromatic nitrogens is 1. The average molecular weight is 377 g/mol. The van der Waals surface area contributed by atoms with Gasteiger partial charge >= 0.3 is 0 Å². The first kappa shape index (κ1) is 15.5. The van der Waals surface area contributed by atoms with Crippen molar-refractivity contribution in [3.05, 3.63) is 57.5 Å². The molecule has 1 aliphatic rings. The van der Waals surface area contributed by atoms with Gasteiger partial charge in [-0.25, -0.2) is 4.98 Å². The van der Waals surface area contributed by atoms with Crippen LogP contribution in [0.15, 0.2) is 52.5 Å². The Labute approximate surface area is 143 Å². The standard InChI is InChI=1S/C17H17BrN2OS/c18-15-6-4-14(5-7-15)16-13-22-17(19-16)3-1-2-8-20-9-11-21-12-10-20/h1-8,13H,9-12H2. The molecule has 1 aromatic carbocycles. The number of allylic oxidation sites excluding steroid dienone is 2. The summed E-state index contributed by atoms with van der Waals surface area (Å²) in [5.74, 6) is 0. The summed E-state index contributed by atoms with van der Waals surface area (Å²) >= 11 is 5.11. The molecule has 0 spiro atoms. The number of hydrogen-bond acceptors (Lipinski definition) is 4. The first-order valence-electron chi connectivity index (χ1n) is 7.19. The monoisotopic (exact) mass is 376 g/mol. The molecule has 0 aliphatic carbocycles. The van der Waals surface area contributed by atoms with E-state index >= 15 is 0 Å². The molecule has 0 unspecified atom stereocenters. The fourth-order valence-corrected chi connectivity index (χ4v) is 3.15. The van der Waals surface area contributed by atoms with E-state index in [-0.39, 0.29) is 0 Å². The van der Waals surface area contributed by atoms with E-state index in [0.29, 0.717) is 0 Å². The first-order valence-corrected chi connectivity index (χ1v) is 8.87. The van der Waals surface area contributed by atoms with Crippen LogP contribution in [0.2, 0.25) is 0 Å². The van der Waals surface area contributed by atoms with Crippen LogP contribution >= 0.6 is 27.3 Å². The van der Waals surface area contributed by atoms with Gasteiger partial charge in [-0.3, -0.25) is 0 Å². The summed E-state index contributed by atoms with van der Waals surface area (Å²) in [6.07, 6.45) is 8.26. The van der Waals surface area contributed by atoms with E-state index < -0.39 is 0 Å². The second kappa shape index (κ2) is 7.72. The third-order valence-electron chi connectivity index (χ3n) is 3.35. The molecule has 22 heavy (non-hydrogen) atoms. The van der Waals surface area contributed by atoms with Crippen LogP contribution < -0.4 is 0 Å². The molecule has 3 nitrogen and oxygen atoms in total. The quantitative estimate of drug-likeness (QED) is 0.737. The van der Waals surface area contributed by atoms with E-state index in [1.807, 2.05) is 24.3 Å². The van der Waals surface area contributed by atoms with Gasteiger partial charge in [0.25, 0.3) is 0 Å². The van der Waals surface area contributed by atoms with Gasteiger partial charge in [0.05, 0.1) is 18.9 Å². The number of nitrogens with zero attached hydrogens (tertiary/aromatic N) is 2. The molecule has 3 rings (SSSR count). The Balaban J connectivity index is 1.60. The average Bonchev–Trinajstić information content (AvgIpc) is 3.02. The molecule has 2 aromatic rings. The van der Waals surface area contributed by atoms with Crippen molar-refractivity contribution < 1.29 is 4.74 Å². The maximum atomic E-state index is 5.32. The van der Waals surface area contributed by atoms with Gasteiger partial charge < -0.3 is 9.64 Å². The van der Waals surface area contributed by atoms with Crippen LogP contribution in [-0.2, 0) is 4.74 Å². The molecule has 0 bridgehead atoms. The zero-order valence-electron chi connectivity index (χ0n) is 12.1. The fraction of sp³-hybridized carbons (Fsp3) is 0.235. The van der Waals surface area contributed by atoms with Gasteiger partial charge in [-0.2, -0.15) is 0 Å². The summed E-state index contributed by atoms with van der Waals surface area (Å²) in [4.78, 5) is 6.91. The summed E-state index contributed by atoms with van der Waals surface area (Å²) in [5.41, 5.74) is 2.16. The van der Waals surface area contributed by atoms with Crippen molar-refractivity contribution in [3.8, 4) is 11.3 Å². The molecule has 0 amide bonds. The number of rotatable bonds is 4. The molecule has 0 radical (unpaired) electrons. The van der Waals surface area contributed by atoms with Crippen LogP contribution in [0.4, 0.5) is 0 Å². The normalized spacial score (nSPS) is 16.0. The molecule has 114 valence electrons. The van der Waals surface area contributed by atoms with Gasteiger partial charge in [0.1, 0.15) is 5.01 Å². The minimum absolute atomic E-state index is 0.817. The predicted octanol–water partition coefficient (Wildman–Crippen LogP) is 4.43. The molecule has 5 heteroatoms. The van der Waals surface area contributed by atoms with Crippen molar-refractivity contribution in [2.24, 2.45) is 0 Å². The van der Waals surface area contributed by atoms with E-state index in [1.54, 1.807) is 11.3 Å². The lowest BCUT2D eigenvalue weighted by Crippen LogP contribution is -2.31. The van der Waals surface area contributed by atoms with Gasteiger partial charge in [0.15, 0.2) is 0 Å². The molecule has 0 saturated carbocycles. The Morgan fingerprint density at radius 3 is 2.68 bits per heavy atom. The van der Waals surface area contributed by atoms with Crippen LogP contribution in [0.3, 0.4) is 0 Å². The first-order chi connectivity index (χ1) is 10.8. The lowest BCUT2D eigenvalue weighted by Gasteiger charge is -2.24. The zero-order chi connectivity index (χ0) is 15.2. The topological polar surface area (TPSA) is 25.4 Å². The molecule has 0 atom stereocenters. The van der Waals surface area contributed by atoms with Crippen LogP contribution in [0.5, 0.6) is 0 Å². The van der Waals surface area contributed by atoms with Crippen LogP contribution in [-0.4, -0.2) is 36.2 Å². The Hall–Kier alpha value is -1.43. The van der Waals surface area contributed by atoms with Crippen LogP contribution in [0.1, 0.15) is 5.01 Å². The van der Waals surface area contributed by atoms with Gasteiger partial charge in [-0.15, -0.1) is 11.3 Å². The Bertz CT molecular complexity index is 658. The summed E-state index contributed by atoms with van der Waals surface area (Å²) in [6, 6.07) is 8.22. The van der Waals surface area contributed by atoms with Crippen molar-refractivity contribution >= 4 is 33.3 Å². The Morgan fingerprint density at radius 1 is 1.14 bits per heavy atom. The van der Waals surface area contributed by atoms with Crippen molar-refractivity contribution in [2.45, 2.75) is 0 Å². The minimum atomic E-state index is 0.817. The van der Waals surface area contributed by atoms with Crippen molar-refractivity contribution in [2.75, 3.05) is 26.3 Å². The molecule has 1 fully saturated rings. The Kier molecular flexibility index (Phi) is 5.43. The number of halogens is 1. The van der Waals surface area contributed by atoms with Gasteiger partial charge in [-0.1, -0.05) is 34.1 Å². The number of benzene rings is 1. The van der Waals surface area contributed by atoms with Crippen molar-refractivity contribution in [1.29, 1.82) is 0 Å². The fourth-order valence-electron chi connectivity index (χ4n) is 2.15. The highest BCUT2D eigenvalue weighted by Crippen LogP contribution is 2.24. The van der Waals surface area contributed by atoms with Gasteiger partial charge in [0.2, 0.25) is 0 Å². The largest absolute Gasteiger partial charge is 0.378 e. The summed E-state index contributed by atoms with van der Waals surface area (Å²) < 4.78 is 6.41. The third kappa shape index (κ3) is 4.29. The van der Waals surface area contributed by atoms with Crippen LogP contribution in [0.25, 0.3) is 17.3 Å². The van der Waals surface area contributed by atoms with E-state index in [4.69, 9.17) is 4.74 Å². The van der Waals surface area contributed by atoms with Gasteiger partial charge in [-0.05, 0) is 30.5 Å². The second-order valence-corrected chi connectivity index (χ2v) is 6.73. The van der Waals surface area contributed by atoms with Crippen molar-refractivity contribution in [1.82, 2.24) is 9.88 Å². The molecule has 1 aliphatic heterocycles. The zero-order valence-corrected chi connectivity index (χ0v) is 14.5. The number of ether oxygens (including phenoxy) is 1. The summed E-state index contributed by atoms with van der Waals surface area (Å²) in [7, 11) is 0. The lowest BCUT2D eigenvalue weighted by atomic mass is 10.2. The summed E-state index contributed by atoms with van der Waals surface area (Å²) in [6.45, 7) is 3.57. The molecular weight excluding hydrogens is 360 g/mol. The highest BCUT2D eigenvalue weighted by Gasteiger charge is 2.04. The number of morpholine rings is 1. The number of thiazole rings is 1. The van der Waals surface area contributed by atoms with Crippen molar-refractivity contribution in [3.63, 3.8) is 0 Å². The van der Waals surface area contributed by atoms with E-state index in [9.17, 15) is 0 Å². The highest BCUT2D eigenvalue weighted by molar-refractivity contribution is 9.10. The molecule has 0 N–H and O–H groups in total. The smallest absolute Gasteiger partial charge is 0.116 e. The second-order valence-electron chi connectivity index (χ2n) is 4.93. The number of hydrogen-bond donors (Lipinski definition) is 0. The summed E-state index contributed by atoms with van der Waals surface area (Å²) in [5, 5.41) is 3.11. The van der Waals surface area contributed by atoms with E-state index in [0.717, 1.165) is 47.0 Å². The predicted molar refractivity (Wildman–Crippen MR) is 95.8 cm³/mol. The molecular formula is C17H17BrN2OS. The van der Waals surface area contributed by atoms with E-state index in [1.165, 1.54) is 0 Å². The van der Waals surface area contributed by atoms with Gasteiger partial charge in [0, 0.05) is 28.5 Å².